The third-order valence-electron chi connectivity index (χ3n) is 7.69. The van der Waals surface area contributed by atoms with Gasteiger partial charge >= 0.3 is 0 Å². The van der Waals surface area contributed by atoms with Gasteiger partial charge in [0.1, 0.15) is 11.6 Å². The lowest BCUT2D eigenvalue weighted by Gasteiger charge is -2.42. The SMILES string of the molecule is Cc1ccc(-n2c(C)nc(N3CCC4(CC3)CO[C@@H](C)[C@H]4C)c(C)c2=O)c(Cl)c1C. The summed E-state index contributed by atoms with van der Waals surface area (Å²) >= 11 is 6.60. The lowest BCUT2D eigenvalue weighted by atomic mass is 9.70. The molecule has 2 aliphatic rings. The predicted molar refractivity (Wildman–Crippen MR) is 122 cm³/mol. The van der Waals surface area contributed by atoms with Crippen molar-refractivity contribution in [1.29, 1.82) is 0 Å². The molecule has 2 aromatic rings. The van der Waals surface area contributed by atoms with Crippen LogP contribution in [0, 0.1) is 39.0 Å². The van der Waals surface area contributed by atoms with Crippen LogP contribution in [-0.4, -0.2) is 35.4 Å². The average molecular weight is 430 g/mol. The molecule has 1 spiro atoms. The van der Waals surface area contributed by atoms with Gasteiger partial charge in [0.25, 0.3) is 5.56 Å². The van der Waals surface area contributed by atoms with E-state index in [1.54, 1.807) is 4.57 Å². The predicted octanol–water partition coefficient (Wildman–Crippen LogP) is 4.76. The smallest absolute Gasteiger partial charge is 0.263 e. The van der Waals surface area contributed by atoms with Crippen molar-refractivity contribution in [2.24, 2.45) is 11.3 Å². The van der Waals surface area contributed by atoms with Crippen molar-refractivity contribution in [3.8, 4) is 5.69 Å². The molecule has 0 saturated carbocycles. The molecular weight excluding hydrogens is 398 g/mol. The summed E-state index contributed by atoms with van der Waals surface area (Å²) in [6, 6.07) is 3.91. The topological polar surface area (TPSA) is 47.4 Å². The van der Waals surface area contributed by atoms with Gasteiger partial charge in [0.15, 0.2) is 0 Å². The Morgan fingerprint density at radius 3 is 2.37 bits per heavy atom. The number of piperidine rings is 1. The molecule has 5 nitrogen and oxygen atoms in total. The van der Waals surface area contributed by atoms with Gasteiger partial charge in [-0.1, -0.05) is 24.6 Å². The molecule has 1 aromatic heterocycles. The summed E-state index contributed by atoms with van der Waals surface area (Å²) in [6.07, 6.45) is 2.47. The van der Waals surface area contributed by atoms with Gasteiger partial charge in [-0.05, 0) is 70.6 Å². The number of halogens is 1. The van der Waals surface area contributed by atoms with Crippen molar-refractivity contribution in [1.82, 2.24) is 9.55 Å². The second-order valence-corrected chi connectivity index (χ2v) is 9.62. The van der Waals surface area contributed by atoms with Crippen LogP contribution in [0.25, 0.3) is 5.69 Å². The fraction of sp³-hybridized carbons (Fsp3) is 0.583. The van der Waals surface area contributed by atoms with Gasteiger partial charge < -0.3 is 9.64 Å². The summed E-state index contributed by atoms with van der Waals surface area (Å²) in [5.74, 6) is 2.04. The Morgan fingerprint density at radius 1 is 1.10 bits per heavy atom. The number of hydrogen-bond acceptors (Lipinski definition) is 4. The van der Waals surface area contributed by atoms with Gasteiger partial charge in [0.05, 0.1) is 29.0 Å². The van der Waals surface area contributed by atoms with Crippen molar-refractivity contribution in [2.45, 2.75) is 60.5 Å². The molecule has 2 aliphatic heterocycles. The van der Waals surface area contributed by atoms with Crippen LogP contribution in [0.3, 0.4) is 0 Å². The minimum atomic E-state index is -0.0471. The van der Waals surface area contributed by atoms with Crippen molar-refractivity contribution in [3.05, 3.63) is 50.0 Å². The minimum Gasteiger partial charge on any atom is -0.378 e. The summed E-state index contributed by atoms with van der Waals surface area (Å²) < 4.78 is 7.60. The summed E-state index contributed by atoms with van der Waals surface area (Å²) in [4.78, 5) is 20.5. The monoisotopic (exact) mass is 429 g/mol. The van der Waals surface area contributed by atoms with Crippen LogP contribution in [0.5, 0.6) is 0 Å². The molecule has 3 heterocycles. The Morgan fingerprint density at radius 2 is 1.77 bits per heavy atom. The molecule has 0 unspecified atom stereocenters. The lowest BCUT2D eigenvalue weighted by Crippen LogP contribution is -2.45. The number of ether oxygens (including phenoxy) is 1. The highest BCUT2D eigenvalue weighted by molar-refractivity contribution is 6.33. The van der Waals surface area contributed by atoms with Crippen LogP contribution in [0.1, 0.15) is 49.2 Å². The van der Waals surface area contributed by atoms with Gasteiger partial charge in [-0.25, -0.2) is 4.98 Å². The third-order valence-corrected chi connectivity index (χ3v) is 8.17. The molecule has 162 valence electrons. The van der Waals surface area contributed by atoms with E-state index in [0.717, 1.165) is 49.5 Å². The van der Waals surface area contributed by atoms with Crippen molar-refractivity contribution in [2.75, 3.05) is 24.6 Å². The van der Waals surface area contributed by atoms with Gasteiger partial charge in [-0.2, -0.15) is 0 Å². The molecular formula is C24H32ClN3O2. The van der Waals surface area contributed by atoms with Gasteiger partial charge in [-0.3, -0.25) is 9.36 Å². The van der Waals surface area contributed by atoms with E-state index in [-0.39, 0.29) is 11.0 Å². The summed E-state index contributed by atoms with van der Waals surface area (Å²) in [6.45, 7) is 14.9. The summed E-state index contributed by atoms with van der Waals surface area (Å²) in [7, 11) is 0. The van der Waals surface area contributed by atoms with Crippen LogP contribution < -0.4 is 10.5 Å². The Kier molecular flexibility index (Phi) is 5.48. The zero-order chi connectivity index (χ0) is 21.8. The Balaban J connectivity index is 1.67. The number of aryl methyl sites for hydroxylation is 2. The first-order valence-corrected chi connectivity index (χ1v) is 11.3. The lowest BCUT2D eigenvalue weighted by molar-refractivity contribution is 0.0969. The molecule has 4 rings (SSSR count). The Bertz CT molecular complexity index is 1040. The third kappa shape index (κ3) is 3.27. The first-order chi connectivity index (χ1) is 14.2. The standard InChI is InChI=1S/C24H32ClN3O2/c1-14-7-8-20(21(25)15(14)2)28-19(6)26-22(16(3)23(28)29)27-11-9-24(10-12-27)13-30-18(5)17(24)4/h7-8,17-18H,9-13H2,1-6H3/t17-,18+/m1/s1. The van der Waals surface area contributed by atoms with E-state index in [0.29, 0.717) is 34.1 Å². The Labute approximate surface area is 184 Å². The second-order valence-electron chi connectivity index (χ2n) is 9.24. The highest BCUT2D eigenvalue weighted by Crippen LogP contribution is 2.46. The number of nitrogens with zero attached hydrogens (tertiary/aromatic N) is 3. The molecule has 30 heavy (non-hydrogen) atoms. The molecule has 2 saturated heterocycles. The molecule has 0 bridgehead atoms. The van der Waals surface area contributed by atoms with Crippen LogP contribution in [-0.2, 0) is 4.74 Å². The van der Waals surface area contributed by atoms with Crippen molar-refractivity contribution >= 4 is 17.4 Å². The van der Waals surface area contributed by atoms with E-state index in [1.165, 1.54) is 0 Å². The molecule has 2 fully saturated rings. The number of rotatable bonds is 2. The quantitative estimate of drug-likeness (QED) is 0.690. The number of hydrogen-bond donors (Lipinski definition) is 0. The normalized spacial score (nSPS) is 23.4. The number of benzene rings is 1. The van der Waals surface area contributed by atoms with E-state index >= 15 is 0 Å². The van der Waals surface area contributed by atoms with Crippen LogP contribution >= 0.6 is 11.6 Å². The zero-order valence-electron chi connectivity index (χ0n) is 18.9. The van der Waals surface area contributed by atoms with Crippen molar-refractivity contribution < 1.29 is 4.74 Å². The van der Waals surface area contributed by atoms with E-state index < -0.39 is 0 Å². The summed E-state index contributed by atoms with van der Waals surface area (Å²) in [5.41, 5.74) is 3.70. The average Bonchev–Trinajstić information content (AvgIpc) is 3.00. The maximum absolute atomic E-state index is 13.4. The molecule has 0 aliphatic carbocycles. The van der Waals surface area contributed by atoms with E-state index in [2.05, 4.69) is 18.7 Å². The molecule has 2 atom stereocenters. The highest BCUT2D eigenvalue weighted by Gasteiger charge is 2.47. The van der Waals surface area contributed by atoms with Crippen LogP contribution in [0.4, 0.5) is 5.82 Å². The van der Waals surface area contributed by atoms with Gasteiger partial charge in [0.2, 0.25) is 0 Å². The molecule has 0 amide bonds. The van der Waals surface area contributed by atoms with E-state index in [4.69, 9.17) is 21.3 Å². The molecule has 0 N–H and O–H groups in total. The fourth-order valence-electron chi connectivity index (χ4n) is 5.06. The number of aromatic nitrogens is 2. The summed E-state index contributed by atoms with van der Waals surface area (Å²) in [5, 5.41) is 0.610. The molecule has 6 heteroatoms. The largest absolute Gasteiger partial charge is 0.378 e. The van der Waals surface area contributed by atoms with E-state index in [9.17, 15) is 4.79 Å². The van der Waals surface area contributed by atoms with Gasteiger partial charge in [-0.15, -0.1) is 0 Å². The molecule has 0 radical (unpaired) electrons. The zero-order valence-corrected chi connectivity index (χ0v) is 19.6. The maximum atomic E-state index is 13.4. The minimum absolute atomic E-state index is 0.0471. The fourth-order valence-corrected chi connectivity index (χ4v) is 5.36. The number of anilines is 1. The first-order valence-electron chi connectivity index (χ1n) is 10.9. The maximum Gasteiger partial charge on any atom is 0.263 e. The molecule has 1 aromatic carbocycles. The van der Waals surface area contributed by atoms with Crippen LogP contribution in [0.2, 0.25) is 5.02 Å². The highest BCUT2D eigenvalue weighted by atomic mass is 35.5. The van der Waals surface area contributed by atoms with Crippen LogP contribution in [0.15, 0.2) is 16.9 Å². The first kappa shape index (κ1) is 21.4. The Hall–Kier alpha value is -1.85. The van der Waals surface area contributed by atoms with E-state index in [1.807, 2.05) is 39.8 Å². The van der Waals surface area contributed by atoms with Crippen molar-refractivity contribution in [3.63, 3.8) is 0 Å². The van der Waals surface area contributed by atoms with Gasteiger partial charge in [0, 0.05) is 18.5 Å². The second kappa shape index (κ2) is 7.69.